The fourth-order valence-corrected chi connectivity index (χ4v) is 4.18. The predicted octanol–water partition coefficient (Wildman–Crippen LogP) is 2.35. The third-order valence-electron chi connectivity index (χ3n) is 5.66. The smallest absolute Gasteiger partial charge is 0.225 e. The lowest BCUT2D eigenvalue weighted by molar-refractivity contribution is -0.0931. The number of fused-ring (bicyclic) bond motifs is 1. The Labute approximate surface area is 149 Å². The van der Waals surface area contributed by atoms with E-state index in [2.05, 4.69) is 14.9 Å². The lowest BCUT2D eigenvalue weighted by atomic mass is 9.99. The summed E-state index contributed by atoms with van der Waals surface area (Å²) in [6, 6.07) is 0.412. The zero-order chi connectivity index (χ0) is 17.1. The van der Waals surface area contributed by atoms with Gasteiger partial charge in [-0.05, 0) is 50.5 Å². The van der Waals surface area contributed by atoms with E-state index in [-0.39, 0.29) is 12.2 Å². The van der Waals surface area contributed by atoms with Gasteiger partial charge in [0.05, 0.1) is 24.9 Å². The molecule has 0 radical (unpaired) electrons. The Kier molecular flexibility index (Phi) is 5.48. The van der Waals surface area contributed by atoms with Crippen molar-refractivity contribution in [2.24, 2.45) is 5.92 Å². The molecule has 3 aliphatic heterocycles. The maximum atomic E-state index is 6.33. The summed E-state index contributed by atoms with van der Waals surface area (Å²) in [5, 5.41) is 0. The molecule has 0 bridgehead atoms. The summed E-state index contributed by atoms with van der Waals surface area (Å²) in [6.45, 7) is 6.34. The van der Waals surface area contributed by atoms with Crippen LogP contribution in [0.3, 0.4) is 0 Å². The summed E-state index contributed by atoms with van der Waals surface area (Å²) < 4.78 is 17.7. The highest BCUT2D eigenvalue weighted by atomic mass is 16.5. The third kappa shape index (κ3) is 4.13. The molecule has 0 N–H and O–H groups in total. The molecule has 3 fully saturated rings. The second-order valence-electron chi connectivity index (χ2n) is 7.58. The van der Waals surface area contributed by atoms with Crippen molar-refractivity contribution in [1.82, 2.24) is 9.97 Å². The number of anilines is 1. The van der Waals surface area contributed by atoms with Crippen LogP contribution in [0.4, 0.5) is 5.95 Å². The van der Waals surface area contributed by atoms with Crippen LogP contribution in [0.5, 0.6) is 0 Å². The first-order valence-corrected chi connectivity index (χ1v) is 9.66. The van der Waals surface area contributed by atoms with Gasteiger partial charge in [0.2, 0.25) is 5.95 Å². The topological polar surface area (TPSA) is 56.7 Å². The SMILES string of the molecule is Cc1cnc(N2CC[C@@H]3O[C@@H](COCC4CCOCC4)CC[C@@H]32)nc1. The molecule has 3 atom stereocenters. The molecule has 0 aliphatic carbocycles. The van der Waals surface area contributed by atoms with E-state index in [0.717, 1.165) is 76.6 Å². The van der Waals surface area contributed by atoms with E-state index in [1.54, 1.807) is 0 Å². The number of ether oxygens (including phenoxy) is 3. The molecule has 3 aliphatic rings. The van der Waals surface area contributed by atoms with E-state index in [1.807, 2.05) is 19.3 Å². The van der Waals surface area contributed by atoms with Crippen LogP contribution in [0, 0.1) is 12.8 Å². The van der Waals surface area contributed by atoms with Gasteiger partial charge in [0.25, 0.3) is 0 Å². The maximum absolute atomic E-state index is 6.33. The first-order chi connectivity index (χ1) is 12.3. The summed E-state index contributed by atoms with van der Waals surface area (Å²) in [6.07, 6.45) is 9.81. The summed E-state index contributed by atoms with van der Waals surface area (Å²) in [5.74, 6) is 1.50. The fraction of sp³-hybridized carbons (Fsp3) is 0.789. The minimum atomic E-state index is 0.236. The molecular weight excluding hydrogens is 318 g/mol. The van der Waals surface area contributed by atoms with Crippen LogP contribution in [0.2, 0.25) is 0 Å². The van der Waals surface area contributed by atoms with Gasteiger partial charge in [-0.25, -0.2) is 9.97 Å². The molecule has 6 heteroatoms. The summed E-state index contributed by atoms with van der Waals surface area (Å²) in [7, 11) is 0. The monoisotopic (exact) mass is 347 g/mol. The van der Waals surface area contributed by atoms with Crippen LogP contribution in [0.25, 0.3) is 0 Å². The minimum Gasteiger partial charge on any atom is -0.381 e. The van der Waals surface area contributed by atoms with Crippen molar-refractivity contribution in [2.45, 2.75) is 57.3 Å². The van der Waals surface area contributed by atoms with Gasteiger partial charge in [0.1, 0.15) is 0 Å². The molecule has 138 valence electrons. The number of nitrogens with zero attached hydrogens (tertiary/aromatic N) is 3. The highest BCUT2D eigenvalue weighted by Gasteiger charge is 2.40. The van der Waals surface area contributed by atoms with Crippen LogP contribution in [0.15, 0.2) is 12.4 Å². The number of rotatable bonds is 5. The standard InChI is InChI=1S/C19H29N3O3/c1-14-10-20-19(21-11-14)22-7-4-18-17(22)3-2-16(25-18)13-24-12-15-5-8-23-9-6-15/h10-11,15-18H,2-9,12-13H2,1H3/t16-,17+,18+/m1/s1. The van der Waals surface area contributed by atoms with Crippen LogP contribution < -0.4 is 4.90 Å². The molecule has 1 aromatic heterocycles. The van der Waals surface area contributed by atoms with E-state index in [0.29, 0.717) is 12.0 Å². The van der Waals surface area contributed by atoms with Crippen molar-refractivity contribution in [2.75, 3.05) is 37.9 Å². The van der Waals surface area contributed by atoms with Crippen LogP contribution in [0.1, 0.15) is 37.7 Å². The molecule has 6 nitrogen and oxygen atoms in total. The van der Waals surface area contributed by atoms with E-state index < -0.39 is 0 Å². The second-order valence-corrected chi connectivity index (χ2v) is 7.58. The zero-order valence-electron chi connectivity index (χ0n) is 15.1. The maximum Gasteiger partial charge on any atom is 0.225 e. The second kappa shape index (κ2) is 7.98. The van der Waals surface area contributed by atoms with Crippen LogP contribution in [-0.4, -0.2) is 61.2 Å². The molecular formula is C19H29N3O3. The Bertz CT molecular complexity index is 547. The average molecular weight is 347 g/mol. The van der Waals surface area contributed by atoms with Crippen molar-refractivity contribution < 1.29 is 14.2 Å². The van der Waals surface area contributed by atoms with E-state index >= 15 is 0 Å². The Balaban J connectivity index is 1.24. The minimum absolute atomic E-state index is 0.236. The van der Waals surface area contributed by atoms with Gasteiger partial charge in [-0.1, -0.05) is 0 Å². The van der Waals surface area contributed by atoms with Crippen molar-refractivity contribution in [3.8, 4) is 0 Å². The molecule has 0 saturated carbocycles. The van der Waals surface area contributed by atoms with Crippen molar-refractivity contribution in [1.29, 1.82) is 0 Å². The number of aromatic nitrogens is 2. The van der Waals surface area contributed by atoms with Gasteiger partial charge < -0.3 is 19.1 Å². The largest absolute Gasteiger partial charge is 0.381 e. The first-order valence-electron chi connectivity index (χ1n) is 9.66. The Hall–Kier alpha value is -1.24. The number of aryl methyl sites for hydroxylation is 1. The predicted molar refractivity (Wildman–Crippen MR) is 94.8 cm³/mol. The molecule has 25 heavy (non-hydrogen) atoms. The zero-order valence-corrected chi connectivity index (χ0v) is 15.1. The molecule has 4 rings (SSSR count). The van der Waals surface area contributed by atoms with E-state index in [1.165, 1.54) is 0 Å². The number of hydrogen-bond donors (Lipinski definition) is 0. The van der Waals surface area contributed by atoms with E-state index in [9.17, 15) is 0 Å². The normalized spacial score (nSPS) is 30.4. The molecule has 1 aromatic rings. The van der Waals surface area contributed by atoms with Gasteiger partial charge in [-0.2, -0.15) is 0 Å². The highest BCUT2D eigenvalue weighted by molar-refractivity contribution is 5.35. The Morgan fingerprint density at radius 2 is 1.88 bits per heavy atom. The number of hydrogen-bond acceptors (Lipinski definition) is 6. The van der Waals surface area contributed by atoms with Crippen molar-refractivity contribution >= 4 is 5.95 Å². The average Bonchev–Trinajstić information content (AvgIpc) is 3.06. The van der Waals surface area contributed by atoms with Gasteiger partial charge in [0.15, 0.2) is 0 Å². The van der Waals surface area contributed by atoms with Gasteiger partial charge in [-0.15, -0.1) is 0 Å². The lowest BCUT2D eigenvalue weighted by Gasteiger charge is -2.36. The van der Waals surface area contributed by atoms with Gasteiger partial charge in [-0.3, -0.25) is 0 Å². The summed E-state index contributed by atoms with van der Waals surface area (Å²) in [4.78, 5) is 11.3. The molecule has 0 amide bonds. The van der Waals surface area contributed by atoms with Crippen molar-refractivity contribution in [3.63, 3.8) is 0 Å². The molecule has 0 spiro atoms. The van der Waals surface area contributed by atoms with Crippen molar-refractivity contribution in [3.05, 3.63) is 18.0 Å². The van der Waals surface area contributed by atoms with Gasteiger partial charge >= 0.3 is 0 Å². The molecule has 4 heterocycles. The Morgan fingerprint density at radius 3 is 2.68 bits per heavy atom. The third-order valence-corrected chi connectivity index (χ3v) is 5.66. The highest BCUT2D eigenvalue weighted by Crippen LogP contribution is 2.33. The molecule has 0 aromatic carbocycles. The van der Waals surface area contributed by atoms with Crippen LogP contribution >= 0.6 is 0 Å². The van der Waals surface area contributed by atoms with E-state index in [4.69, 9.17) is 14.2 Å². The first kappa shape index (κ1) is 17.2. The fourth-order valence-electron chi connectivity index (χ4n) is 4.18. The van der Waals surface area contributed by atoms with Gasteiger partial charge in [0, 0.05) is 38.8 Å². The van der Waals surface area contributed by atoms with Crippen LogP contribution in [-0.2, 0) is 14.2 Å². The summed E-state index contributed by atoms with van der Waals surface area (Å²) >= 11 is 0. The quantitative estimate of drug-likeness (QED) is 0.815. The summed E-state index contributed by atoms with van der Waals surface area (Å²) in [5.41, 5.74) is 1.10. The molecule has 3 saturated heterocycles. The lowest BCUT2D eigenvalue weighted by Crippen LogP contribution is -2.44. The Morgan fingerprint density at radius 1 is 1.08 bits per heavy atom. The molecule has 0 unspecified atom stereocenters.